The summed E-state index contributed by atoms with van der Waals surface area (Å²) in [6.07, 6.45) is 5.24. The molecule has 1 aromatic carbocycles. The van der Waals surface area contributed by atoms with E-state index in [1.807, 2.05) is 45.0 Å². The lowest BCUT2D eigenvalue weighted by Crippen LogP contribution is -2.22. The Morgan fingerprint density at radius 3 is 2.08 bits per heavy atom. The van der Waals surface area contributed by atoms with E-state index in [2.05, 4.69) is 5.92 Å². The molecule has 0 aliphatic rings. The van der Waals surface area contributed by atoms with Crippen molar-refractivity contribution in [3.63, 3.8) is 0 Å². The van der Waals surface area contributed by atoms with Crippen LogP contribution in [-0.2, 0) is 0 Å². The zero-order valence-electron chi connectivity index (χ0n) is 8.29. The summed E-state index contributed by atoms with van der Waals surface area (Å²) in [7, 11) is 0. The number of terminal acetylenes is 1. The Labute approximate surface area is 79.7 Å². The summed E-state index contributed by atoms with van der Waals surface area (Å²) in [6.45, 7) is 6.05. The minimum Gasteiger partial charge on any atom is -0.488 e. The fourth-order valence-electron chi connectivity index (χ4n) is 0.973. The first-order valence-electron chi connectivity index (χ1n) is 4.27. The molecule has 0 fully saturated rings. The average molecular weight is 174 g/mol. The molecular formula is C12H14O. The van der Waals surface area contributed by atoms with E-state index in [0.29, 0.717) is 0 Å². The summed E-state index contributed by atoms with van der Waals surface area (Å²) in [6, 6.07) is 7.53. The van der Waals surface area contributed by atoms with E-state index < -0.39 is 0 Å². The first kappa shape index (κ1) is 9.67. The van der Waals surface area contributed by atoms with Gasteiger partial charge in [0, 0.05) is 5.56 Å². The number of rotatable bonds is 1. The van der Waals surface area contributed by atoms with Crippen LogP contribution in [-0.4, -0.2) is 5.60 Å². The van der Waals surface area contributed by atoms with Gasteiger partial charge in [-0.15, -0.1) is 6.42 Å². The van der Waals surface area contributed by atoms with E-state index in [4.69, 9.17) is 11.2 Å². The highest BCUT2D eigenvalue weighted by Gasteiger charge is 2.10. The van der Waals surface area contributed by atoms with Crippen LogP contribution in [0.4, 0.5) is 0 Å². The zero-order valence-corrected chi connectivity index (χ0v) is 8.29. The minimum atomic E-state index is -0.155. The molecule has 1 aromatic rings. The molecule has 1 heteroatoms. The smallest absolute Gasteiger partial charge is 0.120 e. The normalized spacial score (nSPS) is 10.6. The maximum absolute atomic E-state index is 5.63. The topological polar surface area (TPSA) is 9.23 Å². The van der Waals surface area contributed by atoms with Crippen LogP contribution < -0.4 is 4.74 Å². The highest BCUT2D eigenvalue weighted by Crippen LogP contribution is 2.17. The third-order valence-electron chi connectivity index (χ3n) is 1.45. The number of ether oxygens (including phenoxy) is 1. The summed E-state index contributed by atoms with van der Waals surface area (Å²) in [5.74, 6) is 3.41. The lowest BCUT2D eigenvalue weighted by molar-refractivity contribution is 0.131. The van der Waals surface area contributed by atoms with Crippen molar-refractivity contribution in [1.29, 1.82) is 0 Å². The Bertz CT molecular complexity index is 308. The van der Waals surface area contributed by atoms with Crippen LogP contribution in [0.3, 0.4) is 0 Å². The largest absolute Gasteiger partial charge is 0.488 e. The molecule has 0 saturated carbocycles. The fourth-order valence-corrected chi connectivity index (χ4v) is 0.973. The Balaban J connectivity index is 2.77. The van der Waals surface area contributed by atoms with Crippen molar-refractivity contribution < 1.29 is 4.74 Å². The van der Waals surface area contributed by atoms with E-state index in [1.54, 1.807) is 0 Å². The predicted molar refractivity (Wildman–Crippen MR) is 54.8 cm³/mol. The van der Waals surface area contributed by atoms with Crippen molar-refractivity contribution >= 4 is 0 Å². The Hall–Kier alpha value is -1.42. The van der Waals surface area contributed by atoms with Crippen LogP contribution in [0.1, 0.15) is 26.3 Å². The molecule has 0 bridgehead atoms. The first-order chi connectivity index (χ1) is 6.01. The molecule has 1 rings (SSSR count). The van der Waals surface area contributed by atoms with Gasteiger partial charge >= 0.3 is 0 Å². The van der Waals surface area contributed by atoms with Crippen LogP contribution in [0, 0.1) is 12.3 Å². The Kier molecular flexibility index (Phi) is 2.63. The van der Waals surface area contributed by atoms with Gasteiger partial charge in [0.05, 0.1) is 0 Å². The molecule has 13 heavy (non-hydrogen) atoms. The predicted octanol–water partition coefficient (Wildman–Crippen LogP) is 2.85. The molecule has 0 spiro atoms. The van der Waals surface area contributed by atoms with E-state index in [0.717, 1.165) is 11.3 Å². The standard InChI is InChI=1S/C12H14O/c1-5-10-6-8-11(9-7-10)13-12(2,3)4/h1,6-9H,2-4H3. The van der Waals surface area contributed by atoms with Crippen LogP contribution in [0.15, 0.2) is 24.3 Å². The van der Waals surface area contributed by atoms with E-state index in [-0.39, 0.29) is 5.60 Å². The third kappa shape index (κ3) is 3.21. The molecule has 0 aliphatic carbocycles. The van der Waals surface area contributed by atoms with E-state index in [9.17, 15) is 0 Å². The summed E-state index contributed by atoms with van der Waals surface area (Å²) in [5, 5.41) is 0. The van der Waals surface area contributed by atoms with Crippen molar-refractivity contribution in [3.8, 4) is 18.1 Å². The van der Waals surface area contributed by atoms with E-state index in [1.165, 1.54) is 0 Å². The van der Waals surface area contributed by atoms with Gasteiger partial charge in [-0.3, -0.25) is 0 Å². The van der Waals surface area contributed by atoms with Gasteiger partial charge in [0.15, 0.2) is 0 Å². The molecule has 0 N–H and O–H groups in total. The molecule has 0 unspecified atom stereocenters. The molecule has 0 radical (unpaired) electrons. The maximum Gasteiger partial charge on any atom is 0.120 e. The second-order valence-corrected chi connectivity index (χ2v) is 3.88. The number of hydrogen-bond donors (Lipinski definition) is 0. The zero-order chi connectivity index (χ0) is 9.90. The molecular weight excluding hydrogens is 160 g/mol. The lowest BCUT2D eigenvalue weighted by Gasteiger charge is -2.21. The quantitative estimate of drug-likeness (QED) is 0.595. The van der Waals surface area contributed by atoms with Crippen LogP contribution in [0.25, 0.3) is 0 Å². The summed E-state index contributed by atoms with van der Waals surface area (Å²) in [4.78, 5) is 0. The van der Waals surface area contributed by atoms with Crippen molar-refractivity contribution in [3.05, 3.63) is 29.8 Å². The van der Waals surface area contributed by atoms with Crippen molar-refractivity contribution in [2.75, 3.05) is 0 Å². The van der Waals surface area contributed by atoms with Gasteiger partial charge in [-0.2, -0.15) is 0 Å². The van der Waals surface area contributed by atoms with Crippen molar-refractivity contribution in [1.82, 2.24) is 0 Å². The molecule has 0 atom stereocenters. The fraction of sp³-hybridized carbons (Fsp3) is 0.333. The average Bonchev–Trinajstić information content (AvgIpc) is 2.03. The third-order valence-corrected chi connectivity index (χ3v) is 1.45. The Morgan fingerprint density at radius 2 is 1.69 bits per heavy atom. The van der Waals surface area contributed by atoms with Gasteiger partial charge in [0.25, 0.3) is 0 Å². The highest BCUT2D eigenvalue weighted by molar-refractivity contribution is 5.36. The monoisotopic (exact) mass is 174 g/mol. The van der Waals surface area contributed by atoms with Gasteiger partial charge in [0.1, 0.15) is 11.4 Å². The Morgan fingerprint density at radius 1 is 1.15 bits per heavy atom. The molecule has 0 heterocycles. The van der Waals surface area contributed by atoms with E-state index >= 15 is 0 Å². The first-order valence-corrected chi connectivity index (χ1v) is 4.27. The molecule has 0 aromatic heterocycles. The van der Waals surface area contributed by atoms with Gasteiger partial charge in [-0.05, 0) is 45.0 Å². The molecule has 68 valence electrons. The number of benzene rings is 1. The second-order valence-electron chi connectivity index (χ2n) is 3.88. The molecule has 0 saturated heterocycles. The van der Waals surface area contributed by atoms with Crippen molar-refractivity contribution in [2.24, 2.45) is 0 Å². The van der Waals surface area contributed by atoms with Crippen molar-refractivity contribution in [2.45, 2.75) is 26.4 Å². The number of hydrogen-bond acceptors (Lipinski definition) is 1. The highest BCUT2D eigenvalue weighted by atomic mass is 16.5. The van der Waals surface area contributed by atoms with Gasteiger partial charge in [-0.1, -0.05) is 5.92 Å². The van der Waals surface area contributed by atoms with Crippen LogP contribution >= 0.6 is 0 Å². The molecule has 0 aliphatic heterocycles. The molecule has 1 nitrogen and oxygen atoms in total. The van der Waals surface area contributed by atoms with Crippen LogP contribution in [0.2, 0.25) is 0 Å². The summed E-state index contributed by atoms with van der Waals surface area (Å²) in [5.41, 5.74) is 0.721. The van der Waals surface area contributed by atoms with Gasteiger partial charge in [0.2, 0.25) is 0 Å². The second kappa shape index (κ2) is 3.53. The molecule has 0 amide bonds. The minimum absolute atomic E-state index is 0.155. The van der Waals surface area contributed by atoms with Crippen LogP contribution in [0.5, 0.6) is 5.75 Å². The summed E-state index contributed by atoms with van der Waals surface area (Å²) < 4.78 is 5.63. The SMILES string of the molecule is C#Cc1ccc(OC(C)(C)C)cc1. The van der Waals surface area contributed by atoms with Gasteiger partial charge in [-0.25, -0.2) is 0 Å². The maximum atomic E-state index is 5.63. The summed E-state index contributed by atoms with van der Waals surface area (Å²) >= 11 is 0. The lowest BCUT2D eigenvalue weighted by atomic mass is 10.2. The van der Waals surface area contributed by atoms with Gasteiger partial charge < -0.3 is 4.74 Å².